The SMILES string of the molecule is CCN(CC)C(=O)COc1cccc(NC(=O)c2cc(Cl)ccc2Cl)c1. The highest BCUT2D eigenvalue weighted by Crippen LogP contribution is 2.23. The number of hydrogen-bond donors (Lipinski definition) is 1. The van der Waals surface area contributed by atoms with E-state index >= 15 is 0 Å². The van der Waals surface area contributed by atoms with Gasteiger partial charge in [0.2, 0.25) is 0 Å². The van der Waals surface area contributed by atoms with E-state index in [9.17, 15) is 9.59 Å². The molecule has 2 rings (SSSR count). The van der Waals surface area contributed by atoms with Gasteiger partial charge in [-0.1, -0.05) is 29.3 Å². The third kappa shape index (κ3) is 5.38. The first kappa shape index (κ1) is 20.1. The van der Waals surface area contributed by atoms with Gasteiger partial charge in [0.05, 0.1) is 10.6 Å². The number of ether oxygens (including phenoxy) is 1. The molecule has 0 aliphatic heterocycles. The van der Waals surface area contributed by atoms with Crippen molar-refractivity contribution in [3.05, 3.63) is 58.1 Å². The first-order chi connectivity index (χ1) is 12.4. The number of halogens is 2. The minimum atomic E-state index is -0.381. The molecule has 0 unspecified atom stereocenters. The third-order valence-electron chi connectivity index (χ3n) is 3.74. The van der Waals surface area contributed by atoms with Gasteiger partial charge in [-0.25, -0.2) is 0 Å². The number of carbonyl (C=O) groups excluding carboxylic acids is 2. The van der Waals surface area contributed by atoms with Crippen LogP contribution in [0.2, 0.25) is 10.0 Å². The Balaban J connectivity index is 2.03. The number of hydrogen-bond acceptors (Lipinski definition) is 3. The first-order valence-corrected chi connectivity index (χ1v) is 8.97. The Hall–Kier alpha value is -2.24. The monoisotopic (exact) mass is 394 g/mol. The maximum absolute atomic E-state index is 12.4. The van der Waals surface area contributed by atoms with Crippen LogP contribution in [-0.2, 0) is 4.79 Å². The summed E-state index contributed by atoms with van der Waals surface area (Å²) in [4.78, 5) is 26.1. The van der Waals surface area contributed by atoms with Crippen molar-refractivity contribution in [2.75, 3.05) is 25.0 Å². The summed E-state index contributed by atoms with van der Waals surface area (Å²) in [6, 6.07) is 11.5. The molecule has 7 heteroatoms. The highest BCUT2D eigenvalue weighted by atomic mass is 35.5. The molecule has 0 saturated heterocycles. The second-order valence-corrected chi connectivity index (χ2v) is 6.30. The molecule has 0 radical (unpaired) electrons. The average Bonchev–Trinajstić information content (AvgIpc) is 2.63. The second kappa shape index (κ2) is 9.46. The second-order valence-electron chi connectivity index (χ2n) is 5.46. The Bertz CT molecular complexity index is 792. The predicted octanol–water partition coefficient (Wildman–Crippen LogP) is 4.49. The van der Waals surface area contributed by atoms with Crippen LogP contribution >= 0.6 is 23.2 Å². The Morgan fingerprint density at radius 1 is 1.08 bits per heavy atom. The largest absolute Gasteiger partial charge is 0.484 e. The summed E-state index contributed by atoms with van der Waals surface area (Å²) < 4.78 is 5.53. The first-order valence-electron chi connectivity index (χ1n) is 8.21. The number of carbonyl (C=O) groups is 2. The van der Waals surface area contributed by atoms with Gasteiger partial charge in [-0.2, -0.15) is 0 Å². The van der Waals surface area contributed by atoms with E-state index in [2.05, 4.69) is 5.32 Å². The molecule has 0 spiro atoms. The summed E-state index contributed by atoms with van der Waals surface area (Å²) in [5.74, 6) is 0.0181. The van der Waals surface area contributed by atoms with Crippen LogP contribution < -0.4 is 10.1 Å². The number of benzene rings is 2. The van der Waals surface area contributed by atoms with E-state index < -0.39 is 0 Å². The Morgan fingerprint density at radius 2 is 1.81 bits per heavy atom. The van der Waals surface area contributed by atoms with Crippen molar-refractivity contribution in [1.29, 1.82) is 0 Å². The standard InChI is InChI=1S/C19H20Cl2N2O3/c1-3-23(4-2)18(24)12-26-15-7-5-6-14(11-15)22-19(25)16-10-13(20)8-9-17(16)21/h5-11H,3-4,12H2,1-2H3,(H,22,25). The van der Waals surface area contributed by atoms with Gasteiger partial charge in [0.25, 0.3) is 11.8 Å². The topological polar surface area (TPSA) is 58.6 Å². The average molecular weight is 395 g/mol. The van der Waals surface area contributed by atoms with Crippen LogP contribution in [0.25, 0.3) is 0 Å². The lowest BCUT2D eigenvalue weighted by atomic mass is 10.2. The molecular weight excluding hydrogens is 375 g/mol. The number of anilines is 1. The van der Waals surface area contributed by atoms with Crippen molar-refractivity contribution >= 4 is 40.7 Å². The third-order valence-corrected chi connectivity index (χ3v) is 4.31. The molecule has 1 N–H and O–H groups in total. The van der Waals surface area contributed by atoms with Crippen molar-refractivity contribution in [1.82, 2.24) is 4.90 Å². The molecular formula is C19H20Cl2N2O3. The lowest BCUT2D eigenvalue weighted by Crippen LogP contribution is -2.34. The number of nitrogens with zero attached hydrogens (tertiary/aromatic N) is 1. The van der Waals surface area contributed by atoms with Gasteiger partial charge in [-0.3, -0.25) is 9.59 Å². The number of nitrogens with one attached hydrogen (secondary N) is 1. The molecule has 2 aromatic carbocycles. The summed E-state index contributed by atoms with van der Waals surface area (Å²) in [5.41, 5.74) is 0.807. The molecule has 0 saturated carbocycles. The summed E-state index contributed by atoms with van der Waals surface area (Å²) in [7, 11) is 0. The van der Waals surface area contributed by atoms with Crippen molar-refractivity contribution in [2.45, 2.75) is 13.8 Å². The fourth-order valence-electron chi connectivity index (χ4n) is 2.35. The molecule has 0 aromatic heterocycles. The van der Waals surface area contributed by atoms with Gasteiger partial charge in [0.1, 0.15) is 5.75 Å². The summed E-state index contributed by atoms with van der Waals surface area (Å²) in [6.45, 7) is 5.04. The summed E-state index contributed by atoms with van der Waals surface area (Å²) in [5, 5.41) is 3.47. The van der Waals surface area contributed by atoms with E-state index in [-0.39, 0.29) is 24.0 Å². The number of likely N-dealkylation sites (N-methyl/N-ethyl adjacent to an activating group) is 1. The van der Waals surface area contributed by atoms with Gasteiger partial charge in [-0.05, 0) is 44.2 Å². The minimum Gasteiger partial charge on any atom is -0.484 e. The van der Waals surface area contributed by atoms with Gasteiger partial charge >= 0.3 is 0 Å². The zero-order valence-electron chi connectivity index (χ0n) is 14.6. The van der Waals surface area contributed by atoms with Crippen LogP contribution in [0.5, 0.6) is 5.75 Å². The molecule has 0 atom stereocenters. The Morgan fingerprint density at radius 3 is 2.50 bits per heavy atom. The Labute approximate surface area is 162 Å². The van der Waals surface area contributed by atoms with Crippen molar-refractivity contribution in [3.63, 3.8) is 0 Å². The molecule has 5 nitrogen and oxygen atoms in total. The van der Waals surface area contributed by atoms with E-state index in [0.717, 1.165) is 0 Å². The molecule has 26 heavy (non-hydrogen) atoms. The quantitative estimate of drug-likeness (QED) is 0.752. The molecule has 0 fully saturated rings. The van der Waals surface area contributed by atoms with Gasteiger partial charge in [-0.15, -0.1) is 0 Å². The smallest absolute Gasteiger partial charge is 0.260 e. The van der Waals surface area contributed by atoms with Gasteiger partial charge < -0.3 is 15.0 Å². The summed E-state index contributed by atoms with van der Waals surface area (Å²) in [6.07, 6.45) is 0. The van der Waals surface area contributed by atoms with E-state index in [4.69, 9.17) is 27.9 Å². The Kier molecular flexibility index (Phi) is 7.30. The molecule has 138 valence electrons. The van der Waals surface area contributed by atoms with Crippen molar-refractivity contribution in [3.8, 4) is 5.75 Å². The van der Waals surface area contributed by atoms with Crippen molar-refractivity contribution < 1.29 is 14.3 Å². The van der Waals surface area contributed by atoms with Crippen LogP contribution in [0.1, 0.15) is 24.2 Å². The van der Waals surface area contributed by atoms with Crippen LogP contribution in [0.4, 0.5) is 5.69 Å². The van der Waals surface area contributed by atoms with E-state index in [1.165, 1.54) is 6.07 Å². The van der Waals surface area contributed by atoms with Crippen LogP contribution in [0, 0.1) is 0 Å². The van der Waals surface area contributed by atoms with E-state index in [1.807, 2.05) is 13.8 Å². The van der Waals surface area contributed by atoms with Crippen molar-refractivity contribution in [2.24, 2.45) is 0 Å². The molecule has 0 bridgehead atoms. The number of amides is 2. The minimum absolute atomic E-state index is 0.0563. The molecule has 0 aliphatic rings. The van der Waals surface area contributed by atoms with Crippen LogP contribution in [0.3, 0.4) is 0 Å². The molecule has 2 aromatic rings. The van der Waals surface area contributed by atoms with E-state index in [0.29, 0.717) is 34.6 Å². The maximum Gasteiger partial charge on any atom is 0.260 e. The highest BCUT2D eigenvalue weighted by Gasteiger charge is 2.13. The predicted molar refractivity (Wildman–Crippen MR) is 104 cm³/mol. The van der Waals surface area contributed by atoms with Gasteiger partial charge in [0, 0.05) is 29.9 Å². The molecule has 0 heterocycles. The fraction of sp³-hybridized carbons (Fsp3) is 0.263. The summed E-state index contributed by atoms with van der Waals surface area (Å²) >= 11 is 12.0. The van der Waals surface area contributed by atoms with Gasteiger partial charge in [0.15, 0.2) is 6.61 Å². The number of rotatable bonds is 7. The van der Waals surface area contributed by atoms with E-state index in [1.54, 1.807) is 41.3 Å². The lowest BCUT2D eigenvalue weighted by molar-refractivity contribution is -0.132. The zero-order valence-corrected chi connectivity index (χ0v) is 16.1. The maximum atomic E-state index is 12.4. The van der Waals surface area contributed by atoms with Crippen LogP contribution in [-0.4, -0.2) is 36.4 Å². The fourth-order valence-corrected chi connectivity index (χ4v) is 2.72. The highest BCUT2D eigenvalue weighted by molar-refractivity contribution is 6.36. The lowest BCUT2D eigenvalue weighted by Gasteiger charge is -2.18. The molecule has 0 aliphatic carbocycles. The van der Waals surface area contributed by atoms with Crippen LogP contribution in [0.15, 0.2) is 42.5 Å². The normalized spacial score (nSPS) is 10.3. The zero-order chi connectivity index (χ0) is 19.1. The molecule has 2 amide bonds.